The highest BCUT2D eigenvalue weighted by molar-refractivity contribution is 5.94. The summed E-state index contributed by atoms with van der Waals surface area (Å²) in [6.07, 6.45) is 3.13. The zero-order chi connectivity index (χ0) is 13.1. The van der Waals surface area contributed by atoms with Crippen molar-refractivity contribution in [3.8, 4) is 0 Å². The SMILES string of the molecule is CCNNC(=O)n1ccc2c(N(C)C)ncnc21. The first-order chi connectivity index (χ1) is 8.65. The van der Waals surface area contributed by atoms with Crippen LogP contribution >= 0.6 is 0 Å². The maximum absolute atomic E-state index is 11.9. The number of carbonyl (C=O) groups is 1. The van der Waals surface area contributed by atoms with Crippen LogP contribution in [0, 0.1) is 0 Å². The largest absolute Gasteiger partial charge is 0.362 e. The first-order valence-corrected chi connectivity index (χ1v) is 5.67. The molecular weight excluding hydrogens is 232 g/mol. The van der Waals surface area contributed by atoms with E-state index in [1.165, 1.54) is 10.9 Å². The molecule has 2 heterocycles. The van der Waals surface area contributed by atoms with E-state index in [1.54, 1.807) is 6.20 Å². The van der Waals surface area contributed by atoms with Gasteiger partial charge in [0.2, 0.25) is 0 Å². The van der Waals surface area contributed by atoms with E-state index in [0.717, 1.165) is 11.2 Å². The van der Waals surface area contributed by atoms with Gasteiger partial charge in [-0.2, -0.15) is 0 Å². The second kappa shape index (κ2) is 5.01. The van der Waals surface area contributed by atoms with Crippen molar-refractivity contribution < 1.29 is 4.79 Å². The Bertz CT molecular complexity index is 562. The Labute approximate surface area is 105 Å². The molecule has 0 atom stereocenters. The minimum absolute atomic E-state index is 0.268. The lowest BCUT2D eigenvalue weighted by atomic mass is 10.3. The number of fused-ring (bicyclic) bond motifs is 1. The fourth-order valence-corrected chi connectivity index (χ4v) is 1.68. The molecule has 0 aliphatic heterocycles. The molecule has 1 amide bonds. The molecule has 0 aliphatic rings. The first kappa shape index (κ1) is 12.3. The van der Waals surface area contributed by atoms with E-state index < -0.39 is 0 Å². The highest BCUT2D eigenvalue weighted by Crippen LogP contribution is 2.21. The standard InChI is InChI=1S/C11H16N6O/c1-4-14-15-11(18)17-6-5-8-9(16(2)3)12-7-13-10(8)17/h5-7,14H,4H2,1-3H3,(H,15,18). The average molecular weight is 248 g/mol. The van der Waals surface area contributed by atoms with Crippen LogP contribution in [0.3, 0.4) is 0 Å². The molecular formula is C11H16N6O. The molecule has 2 rings (SSSR count). The third kappa shape index (κ3) is 2.12. The lowest BCUT2D eigenvalue weighted by Crippen LogP contribution is -2.39. The Morgan fingerprint density at radius 1 is 1.44 bits per heavy atom. The van der Waals surface area contributed by atoms with Crippen LogP contribution in [-0.2, 0) is 0 Å². The van der Waals surface area contributed by atoms with Gasteiger partial charge in [0.25, 0.3) is 0 Å². The molecule has 0 spiro atoms. The maximum Gasteiger partial charge on any atom is 0.341 e. The number of aromatic nitrogens is 3. The molecule has 0 radical (unpaired) electrons. The van der Waals surface area contributed by atoms with Crippen LogP contribution in [0.4, 0.5) is 10.6 Å². The van der Waals surface area contributed by atoms with Crippen LogP contribution in [0.1, 0.15) is 6.92 Å². The summed E-state index contributed by atoms with van der Waals surface area (Å²) in [5, 5.41) is 0.842. The van der Waals surface area contributed by atoms with Gasteiger partial charge in [0, 0.05) is 26.8 Å². The number of anilines is 1. The summed E-state index contributed by atoms with van der Waals surface area (Å²) in [6.45, 7) is 2.56. The molecule has 96 valence electrons. The molecule has 2 N–H and O–H groups in total. The average Bonchev–Trinajstić information content (AvgIpc) is 2.79. The third-order valence-electron chi connectivity index (χ3n) is 2.47. The van der Waals surface area contributed by atoms with Crippen molar-refractivity contribution in [3.63, 3.8) is 0 Å². The number of nitrogens with one attached hydrogen (secondary N) is 2. The summed E-state index contributed by atoms with van der Waals surface area (Å²) in [4.78, 5) is 22.1. The van der Waals surface area contributed by atoms with E-state index in [4.69, 9.17) is 0 Å². The monoisotopic (exact) mass is 248 g/mol. The normalized spacial score (nSPS) is 10.6. The zero-order valence-corrected chi connectivity index (χ0v) is 10.6. The molecule has 0 bridgehead atoms. The summed E-state index contributed by atoms with van der Waals surface area (Å²) < 4.78 is 1.45. The number of hydrogen-bond donors (Lipinski definition) is 2. The lowest BCUT2D eigenvalue weighted by molar-refractivity contribution is 0.239. The topological polar surface area (TPSA) is 75.1 Å². The molecule has 7 heteroatoms. The molecule has 0 aromatic carbocycles. The number of hydrogen-bond acceptors (Lipinski definition) is 5. The quantitative estimate of drug-likeness (QED) is 0.777. The lowest BCUT2D eigenvalue weighted by Gasteiger charge is -2.12. The minimum Gasteiger partial charge on any atom is -0.362 e. The molecule has 7 nitrogen and oxygen atoms in total. The van der Waals surface area contributed by atoms with E-state index in [1.807, 2.05) is 32.0 Å². The second-order valence-electron chi connectivity index (χ2n) is 3.98. The number of amides is 1. The van der Waals surface area contributed by atoms with Crippen molar-refractivity contribution in [1.82, 2.24) is 25.4 Å². The molecule has 0 aliphatic carbocycles. The van der Waals surface area contributed by atoms with Gasteiger partial charge in [-0.3, -0.25) is 9.99 Å². The predicted octanol–water partition coefficient (Wildman–Crippen LogP) is 0.579. The van der Waals surface area contributed by atoms with E-state index in [0.29, 0.717) is 12.2 Å². The van der Waals surface area contributed by atoms with Gasteiger partial charge in [0.15, 0.2) is 5.65 Å². The summed E-state index contributed by atoms with van der Waals surface area (Å²) in [7, 11) is 3.80. The van der Waals surface area contributed by atoms with Crippen LogP contribution < -0.4 is 15.8 Å². The first-order valence-electron chi connectivity index (χ1n) is 5.67. The Kier molecular flexibility index (Phi) is 3.42. The number of rotatable bonds is 3. The van der Waals surface area contributed by atoms with E-state index in [2.05, 4.69) is 20.8 Å². The highest BCUT2D eigenvalue weighted by Gasteiger charge is 2.13. The van der Waals surface area contributed by atoms with E-state index in [9.17, 15) is 4.79 Å². The Morgan fingerprint density at radius 3 is 2.89 bits per heavy atom. The predicted molar refractivity (Wildman–Crippen MR) is 69.5 cm³/mol. The number of carbonyl (C=O) groups excluding carboxylic acids is 1. The Balaban J connectivity index is 2.42. The van der Waals surface area contributed by atoms with Gasteiger partial charge in [-0.1, -0.05) is 6.92 Å². The van der Waals surface area contributed by atoms with Gasteiger partial charge in [-0.05, 0) is 6.07 Å². The summed E-state index contributed by atoms with van der Waals surface area (Å²) in [5.74, 6) is 0.787. The Hall–Kier alpha value is -2.15. The van der Waals surface area contributed by atoms with E-state index in [-0.39, 0.29) is 6.03 Å². The smallest absolute Gasteiger partial charge is 0.341 e. The van der Waals surface area contributed by atoms with Gasteiger partial charge in [-0.25, -0.2) is 20.2 Å². The molecule has 18 heavy (non-hydrogen) atoms. The van der Waals surface area contributed by atoms with E-state index >= 15 is 0 Å². The minimum atomic E-state index is -0.268. The summed E-state index contributed by atoms with van der Waals surface area (Å²) in [6, 6.07) is 1.56. The molecule has 2 aromatic rings. The van der Waals surface area contributed by atoms with Gasteiger partial charge in [-0.15, -0.1) is 0 Å². The summed E-state index contributed by atoms with van der Waals surface area (Å²) >= 11 is 0. The number of hydrazine groups is 1. The molecule has 0 fully saturated rings. The van der Waals surface area contributed by atoms with Crippen LogP contribution in [0.2, 0.25) is 0 Å². The Morgan fingerprint density at radius 2 is 2.22 bits per heavy atom. The van der Waals surface area contributed by atoms with Crippen molar-refractivity contribution in [1.29, 1.82) is 0 Å². The van der Waals surface area contributed by atoms with Crippen molar-refractivity contribution in [3.05, 3.63) is 18.6 Å². The third-order valence-corrected chi connectivity index (χ3v) is 2.47. The maximum atomic E-state index is 11.9. The van der Waals surface area contributed by atoms with Gasteiger partial charge < -0.3 is 4.90 Å². The van der Waals surface area contributed by atoms with Crippen LogP contribution in [0.5, 0.6) is 0 Å². The molecule has 0 unspecified atom stereocenters. The van der Waals surface area contributed by atoms with Crippen LogP contribution in [0.25, 0.3) is 11.0 Å². The zero-order valence-electron chi connectivity index (χ0n) is 10.6. The molecule has 0 saturated heterocycles. The van der Waals surface area contributed by atoms with Crippen molar-refractivity contribution >= 4 is 22.9 Å². The fraction of sp³-hybridized carbons (Fsp3) is 0.364. The molecule has 2 aromatic heterocycles. The van der Waals surface area contributed by atoms with Gasteiger partial charge >= 0.3 is 6.03 Å². The van der Waals surface area contributed by atoms with Gasteiger partial charge in [0.1, 0.15) is 12.1 Å². The molecule has 0 saturated carbocycles. The van der Waals surface area contributed by atoms with Crippen molar-refractivity contribution in [2.24, 2.45) is 0 Å². The highest BCUT2D eigenvalue weighted by atomic mass is 16.2. The van der Waals surface area contributed by atoms with Crippen molar-refractivity contribution in [2.45, 2.75) is 6.92 Å². The fourth-order valence-electron chi connectivity index (χ4n) is 1.68. The van der Waals surface area contributed by atoms with Gasteiger partial charge in [0.05, 0.1) is 5.39 Å². The van der Waals surface area contributed by atoms with Crippen molar-refractivity contribution in [2.75, 3.05) is 25.5 Å². The number of nitrogens with zero attached hydrogens (tertiary/aromatic N) is 4. The van der Waals surface area contributed by atoms with Crippen LogP contribution in [-0.4, -0.2) is 41.2 Å². The second-order valence-corrected chi connectivity index (χ2v) is 3.98. The summed E-state index contributed by atoms with van der Waals surface area (Å²) in [5.41, 5.74) is 5.93. The van der Waals surface area contributed by atoms with Crippen LogP contribution in [0.15, 0.2) is 18.6 Å².